The van der Waals surface area contributed by atoms with Crippen molar-refractivity contribution in [2.24, 2.45) is 0 Å². The van der Waals surface area contributed by atoms with Crippen LogP contribution in [0.4, 0.5) is 0 Å². The highest BCUT2D eigenvalue weighted by molar-refractivity contribution is 5.04. The molecular formula is C7H12O4. The van der Waals surface area contributed by atoms with Crippen LogP contribution in [-0.2, 0) is 14.2 Å². The van der Waals surface area contributed by atoms with Gasteiger partial charge in [0.15, 0.2) is 6.29 Å². The van der Waals surface area contributed by atoms with Crippen LogP contribution in [0.2, 0.25) is 0 Å². The van der Waals surface area contributed by atoms with Gasteiger partial charge in [-0.25, -0.2) is 0 Å². The molecule has 4 nitrogen and oxygen atoms in total. The van der Waals surface area contributed by atoms with Gasteiger partial charge in [-0.2, -0.15) is 0 Å². The average molecular weight is 160 g/mol. The molecule has 0 aliphatic carbocycles. The normalized spacial score (nSPS) is 36.5. The second-order valence-corrected chi connectivity index (χ2v) is 2.26. The van der Waals surface area contributed by atoms with Crippen molar-refractivity contribution in [3.05, 3.63) is 12.2 Å². The quantitative estimate of drug-likeness (QED) is 0.585. The summed E-state index contributed by atoms with van der Waals surface area (Å²) in [6.45, 7) is -0.208. The lowest BCUT2D eigenvalue weighted by Crippen LogP contribution is -2.36. The van der Waals surface area contributed by atoms with Crippen LogP contribution >= 0.6 is 0 Å². The van der Waals surface area contributed by atoms with Crippen molar-refractivity contribution in [1.29, 1.82) is 0 Å². The monoisotopic (exact) mass is 160 g/mol. The van der Waals surface area contributed by atoms with Crippen molar-refractivity contribution in [2.45, 2.75) is 12.1 Å². The third-order valence-electron chi connectivity index (χ3n) is 1.62. The van der Waals surface area contributed by atoms with E-state index in [1.165, 1.54) is 14.2 Å². The molecule has 0 aromatic heterocycles. The van der Waals surface area contributed by atoms with E-state index in [2.05, 4.69) is 0 Å². The molecule has 64 valence electrons. The van der Waals surface area contributed by atoms with Crippen LogP contribution in [0.3, 0.4) is 0 Å². The highest BCUT2D eigenvalue weighted by Gasteiger charge is 2.34. The third kappa shape index (κ3) is 1.59. The number of aliphatic hydroxyl groups excluding tert-OH is 1. The smallest absolute Gasteiger partial charge is 0.214 e. The molecule has 1 aliphatic heterocycles. The number of hydrogen-bond acceptors (Lipinski definition) is 4. The lowest BCUT2D eigenvalue weighted by atomic mass is 10.3. The number of aliphatic hydroxyl groups is 1. The van der Waals surface area contributed by atoms with E-state index in [4.69, 9.17) is 19.3 Å². The molecule has 1 rings (SSSR count). The average Bonchev–Trinajstić information content (AvgIpc) is 2.49. The molecule has 4 heteroatoms. The molecule has 0 fully saturated rings. The Morgan fingerprint density at radius 3 is 2.64 bits per heavy atom. The van der Waals surface area contributed by atoms with Gasteiger partial charge in [0.1, 0.15) is 6.61 Å². The van der Waals surface area contributed by atoms with Crippen molar-refractivity contribution >= 4 is 0 Å². The van der Waals surface area contributed by atoms with E-state index in [9.17, 15) is 0 Å². The van der Waals surface area contributed by atoms with Gasteiger partial charge in [-0.1, -0.05) is 0 Å². The van der Waals surface area contributed by atoms with Crippen LogP contribution in [0.15, 0.2) is 12.2 Å². The maximum absolute atomic E-state index is 8.87. The molecule has 11 heavy (non-hydrogen) atoms. The van der Waals surface area contributed by atoms with Crippen molar-refractivity contribution in [1.82, 2.24) is 0 Å². The van der Waals surface area contributed by atoms with E-state index in [0.29, 0.717) is 0 Å². The lowest BCUT2D eigenvalue weighted by Gasteiger charge is -2.24. The van der Waals surface area contributed by atoms with E-state index in [1.54, 1.807) is 12.2 Å². The highest BCUT2D eigenvalue weighted by atomic mass is 16.8. The molecule has 0 radical (unpaired) electrons. The van der Waals surface area contributed by atoms with Gasteiger partial charge in [-0.15, -0.1) is 0 Å². The van der Waals surface area contributed by atoms with Gasteiger partial charge >= 0.3 is 0 Å². The van der Waals surface area contributed by atoms with Crippen molar-refractivity contribution < 1.29 is 19.3 Å². The van der Waals surface area contributed by atoms with Gasteiger partial charge < -0.3 is 19.3 Å². The highest BCUT2D eigenvalue weighted by Crippen LogP contribution is 2.23. The molecule has 1 N–H and O–H groups in total. The standard InChI is InChI=1S/C7H12O4/c1-9-6-3-4-7(5-8,10-2)11-6/h3-4,6,8H,5H2,1-2H3. The summed E-state index contributed by atoms with van der Waals surface area (Å²) in [6.07, 6.45) is 2.92. The minimum atomic E-state index is -0.999. The van der Waals surface area contributed by atoms with Gasteiger partial charge in [-0.05, 0) is 12.2 Å². The predicted octanol–water partition coefficient (Wildman–Crippen LogP) is -0.120. The zero-order valence-corrected chi connectivity index (χ0v) is 6.61. The molecule has 0 bridgehead atoms. The first-order valence-electron chi connectivity index (χ1n) is 3.32. The largest absolute Gasteiger partial charge is 0.390 e. The number of rotatable bonds is 3. The Kier molecular flexibility index (Phi) is 2.62. The summed E-state index contributed by atoms with van der Waals surface area (Å²) in [5, 5.41) is 8.87. The fraction of sp³-hybridized carbons (Fsp3) is 0.714. The van der Waals surface area contributed by atoms with Crippen LogP contribution in [-0.4, -0.2) is 38.0 Å². The molecule has 2 unspecified atom stereocenters. The summed E-state index contributed by atoms with van der Waals surface area (Å²) in [5.74, 6) is -0.999. The Morgan fingerprint density at radius 1 is 1.64 bits per heavy atom. The molecule has 2 atom stereocenters. The number of hydrogen-bond donors (Lipinski definition) is 1. The number of methoxy groups -OCH3 is 2. The zero-order valence-electron chi connectivity index (χ0n) is 6.61. The summed E-state index contributed by atoms with van der Waals surface area (Å²) in [7, 11) is 3.00. The Hall–Kier alpha value is -0.420. The Labute approximate surface area is 65.4 Å². The maximum atomic E-state index is 8.87. The number of ether oxygens (including phenoxy) is 3. The summed E-state index contributed by atoms with van der Waals surface area (Å²) in [5.41, 5.74) is 0. The van der Waals surface area contributed by atoms with Crippen molar-refractivity contribution in [3.8, 4) is 0 Å². The Bertz CT molecular complexity index is 151. The third-order valence-corrected chi connectivity index (χ3v) is 1.62. The van der Waals surface area contributed by atoms with E-state index in [-0.39, 0.29) is 6.61 Å². The molecule has 1 heterocycles. The second kappa shape index (κ2) is 3.32. The topological polar surface area (TPSA) is 47.9 Å². The fourth-order valence-corrected chi connectivity index (χ4v) is 0.898. The zero-order chi connectivity index (χ0) is 8.32. The van der Waals surface area contributed by atoms with Gasteiger partial charge in [0.25, 0.3) is 0 Å². The second-order valence-electron chi connectivity index (χ2n) is 2.26. The van der Waals surface area contributed by atoms with Crippen LogP contribution in [0.25, 0.3) is 0 Å². The SMILES string of the molecule is COC1C=CC(CO)(OC)O1. The summed E-state index contributed by atoms with van der Waals surface area (Å²) < 4.78 is 15.0. The van der Waals surface area contributed by atoms with Gasteiger partial charge in [0, 0.05) is 14.2 Å². The maximum Gasteiger partial charge on any atom is 0.214 e. The van der Waals surface area contributed by atoms with E-state index in [1.807, 2.05) is 0 Å². The molecule has 1 aliphatic rings. The Balaban J connectivity index is 2.57. The predicted molar refractivity (Wildman–Crippen MR) is 37.8 cm³/mol. The van der Waals surface area contributed by atoms with E-state index >= 15 is 0 Å². The minimum Gasteiger partial charge on any atom is -0.390 e. The first-order chi connectivity index (χ1) is 5.26. The lowest BCUT2D eigenvalue weighted by molar-refractivity contribution is -0.255. The Morgan fingerprint density at radius 2 is 2.36 bits per heavy atom. The van der Waals surface area contributed by atoms with Crippen LogP contribution in [0, 0.1) is 0 Å². The van der Waals surface area contributed by atoms with E-state index < -0.39 is 12.1 Å². The summed E-state index contributed by atoms with van der Waals surface area (Å²) in [4.78, 5) is 0. The molecule has 0 saturated heterocycles. The van der Waals surface area contributed by atoms with Gasteiger partial charge in [0.05, 0.1) is 0 Å². The summed E-state index contributed by atoms with van der Waals surface area (Å²) >= 11 is 0. The van der Waals surface area contributed by atoms with Crippen LogP contribution in [0.5, 0.6) is 0 Å². The van der Waals surface area contributed by atoms with Gasteiger partial charge in [0.2, 0.25) is 5.79 Å². The van der Waals surface area contributed by atoms with Crippen LogP contribution in [0.1, 0.15) is 0 Å². The molecule has 0 spiro atoms. The first kappa shape index (κ1) is 8.67. The minimum absolute atomic E-state index is 0.208. The fourth-order valence-electron chi connectivity index (χ4n) is 0.898. The summed E-state index contributed by atoms with van der Waals surface area (Å²) in [6, 6.07) is 0. The molecule has 0 aromatic carbocycles. The molecule has 0 saturated carbocycles. The van der Waals surface area contributed by atoms with Crippen molar-refractivity contribution in [3.63, 3.8) is 0 Å². The van der Waals surface area contributed by atoms with Crippen molar-refractivity contribution in [2.75, 3.05) is 20.8 Å². The molecule has 0 amide bonds. The van der Waals surface area contributed by atoms with Gasteiger partial charge in [-0.3, -0.25) is 0 Å². The first-order valence-corrected chi connectivity index (χ1v) is 3.32. The molecular weight excluding hydrogens is 148 g/mol. The molecule has 0 aromatic rings. The van der Waals surface area contributed by atoms with Crippen LogP contribution < -0.4 is 0 Å². The van der Waals surface area contributed by atoms with E-state index in [0.717, 1.165) is 0 Å².